The molecule has 206 valence electrons. The van der Waals surface area contributed by atoms with Gasteiger partial charge in [0.2, 0.25) is 10.0 Å². The second-order valence-corrected chi connectivity index (χ2v) is 11.9. The predicted molar refractivity (Wildman–Crippen MR) is 151 cm³/mol. The van der Waals surface area contributed by atoms with Crippen LogP contribution < -0.4 is 9.64 Å². The van der Waals surface area contributed by atoms with Gasteiger partial charge in [0.15, 0.2) is 5.13 Å². The number of hydrogen-bond acceptors (Lipinski definition) is 8. The summed E-state index contributed by atoms with van der Waals surface area (Å²) >= 11 is 1.45. The van der Waals surface area contributed by atoms with Crippen LogP contribution in [-0.4, -0.2) is 87.6 Å². The van der Waals surface area contributed by atoms with Crippen LogP contribution in [0.15, 0.2) is 47.4 Å². The van der Waals surface area contributed by atoms with E-state index in [0.29, 0.717) is 42.7 Å². The molecule has 0 atom stereocenters. The molecule has 0 aliphatic carbocycles. The molecule has 1 aromatic heterocycles. The molecule has 1 aliphatic rings. The molecule has 1 aliphatic heterocycles. The number of aromatic nitrogens is 1. The van der Waals surface area contributed by atoms with Crippen LogP contribution in [0.25, 0.3) is 10.2 Å². The van der Waals surface area contributed by atoms with Crippen molar-refractivity contribution in [3.8, 4) is 5.75 Å². The molecule has 1 fully saturated rings. The second kappa shape index (κ2) is 13.0. The minimum absolute atomic E-state index is 0.179. The van der Waals surface area contributed by atoms with Gasteiger partial charge in [0, 0.05) is 44.8 Å². The normalized spacial score (nSPS) is 14.7. The molecule has 0 spiro atoms. The van der Waals surface area contributed by atoms with Gasteiger partial charge in [0.05, 0.1) is 29.4 Å². The number of carbonyl (C=O) groups is 1. The standard InChI is InChI=1S/C27H36N4O5S2/c1-4-30(5-2)38(33,34)22-13-11-21(12-14-22)26(32)31(16-8-15-29-17-19-35-20-18-29)27-28-25-23(36-6-3)9-7-10-24(25)37-27/h7,9-14H,4-6,8,15-20H2,1-3H3. The SMILES string of the molecule is CCOc1cccc2sc(N(CCCN3CCOCC3)C(=O)c3ccc(S(=O)(=O)N(CC)CC)cc3)nc12. The maximum Gasteiger partial charge on any atom is 0.260 e. The molecule has 9 nitrogen and oxygen atoms in total. The highest BCUT2D eigenvalue weighted by atomic mass is 32.2. The summed E-state index contributed by atoms with van der Waals surface area (Å²) in [6.45, 7) is 11.4. The van der Waals surface area contributed by atoms with Crippen LogP contribution in [0.3, 0.4) is 0 Å². The van der Waals surface area contributed by atoms with E-state index in [1.807, 2.05) is 39.0 Å². The highest BCUT2D eigenvalue weighted by molar-refractivity contribution is 7.89. The number of anilines is 1. The number of amides is 1. The van der Waals surface area contributed by atoms with E-state index in [0.717, 1.165) is 49.5 Å². The summed E-state index contributed by atoms with van der Waals surface area (Å²) in [6, 6.07) is 12.0. The maximum atomic E-state index is 13.8. The Bertz CT molecular complexity index is 1320. The van der Waals surface area contributed by atoms with E-state index in [2.05, 4.69) is 4.90 Å². The number of benzene rings is 2. The lowest BCUT2D eigenvalue weighted by Crippen LogP contribution is -2.39. The number of morpholine rings is 1. The smallest absolute Gasteiger partial charge is 0.260 e. The molecule has 2 heterocycles. The average Bonchev–Trinajstić information content (AvgIpc) is 3.37. The van der Waals surface area contributed by atoms with Crippen molar-refractivity contribution in [2.24, 2.45) is 0 Å². The zero-order valence-corrected chi connectivity index (χ0v) is 23.9. The summed E-state index contributed by atoms with van der Waals surface area (Å²) in [5, 5.41) is 0.596. The molecular formula is C27H36N4O5S2. The largest absolute Gasteiger partial charge is 0.492 e. The molecule has 1 saturated heterocycles. The van der Waals surface area contributed by atoms with Gasteiger partial charge in [0.1, 0.15) is 11.3 Å². The quantitative estimate of drug-likeness (QED) is 0.329. The summed E-state index contributed by atoms with van der Waals surface area (Å²) in [7, 11) is -3.60. The Hall–Kier alpha value is -2.57. The van der Waals surface area contributed by atoms with Gasteiger partial charge < -0.3 is 9.47 Å². The highest BCUT2D eigenvalue weighted by Crippen LogP contribution is 2.35. The lowest BCUT2D eigenvalue weighted by atomic mass is 10.2. The Kier molecular flexibility index (Phi) is 9.72. The third kappa shape index (κ3) is 6.35. The fourth-order valence-electron chi connectivity index (χ4n) is 4.50. The number of carbonyl (C=O) groups excluding carboxylic acids is 1. The van der Waals surface area contributed by atoms with E-state index in [9.17, 15) is 13.2 Å². The van der Waals surface area contributed by atoms with E-state index in [-0.39, 0.29) is 10.8 Å². The van der Waals surface area contributed by atoms with Gasteiger partial charge in [-0.15, -0.1) is 0 Å². The number of hydrogen-bond donors (Lipinski definition) is 0. The number of para-hydroxylation sites is 1. The van der Waals surface area contributed by atoms with Crippen molar-refractivity contribution >= 4 is 42.6 Å². The first-order valence-electron chi connectivity index (χ1n) is 13.1. The number of ether oxygens (including phenoxy) is 2. The van der Waals surface area contributed by atoms with E-state index < -0.39 is 10.0 Å². The van der Waals surface area contributed by atoms with Crippen molar-refractivity contribution < 1.29 is 22.7 Å². The van der Waals surface area contributed by atoms with Crippen molar-refractivity contribution in [3.63, 3.8) is 0 Å². The van der Waals surface area contributed by atoms with Gasteiger partial charge in [0.25, 0.3) is 5.91 Å². The first kappa shape index (κ1) is 28.4. The number of sulfonamides is 1. The fraction of sp³-hybridized carbons (Fsp3) is 0.481. The summed E-state index contributed by atoms with van der Waals surface area (Å²) in [5.41, 5.74) is 1.15. The van der Waals surface area contributed by atoms with Crippen LogP contribution in [0.2, 0.25) is 0 Å². The van der Waals surface area contributed by atoms with Crippen molar-refractivity contribution in [1.82, 2.24) is 14.2 Å². The molecule has 1 amide bonds. The van der Waals surface area contributed by atoms with E-state index in [1.165, 1.54) is 27.8 Å². The number of thiazole rings is 1. The number of fused-ring (bicyclic) bond motifs is 1. The minimum Gasteiger partial charge on any atom is -0.492 e. The Morgan fingerprint density at radius 2 is 1.79 bits per heavy atom. The van der Waals surface area contributed by atoms with E-state index in [4.69, 9.17) is 14.5 Å². The Labute approximate surface area is 229 Å². The van der Waals surface area contributed by atoms with Crippen molar-refractivity contribution in [2.45, 2.75) is 32.1 Å². The number of rotatable bonds is 12. The van der Waals surface area contributed by atoms with Crippen LogP contribution >= 0.6 is 11.3 Å². The summed E-state index contributed by atoms with van der Waals surface area (Å²) < 4.78 is 39.4. The fourth-order valence-corrected chi connectivity index (χ4v) is 6.96. The second-order valence-electron chi connectivity index (χ2n) is 8.91. The summed E-state index contributed by atoms with van der Waals surface area (Å²) in [6.07, 6.45) is 0.772. The van der Waals surface area contributed by atoms with Gasteiger partial charge in [-0.3, -0.25) is 14.6 Å². The molecular weight excluding hydrogens is 524 g/mol. The van der Waals surface area contributed by atoms with Crippen LogP contribution in [0.1, 0.15) is 37.6 Å². The zero-order chi connectivity index (χ0) is 27.1. The highest BCUT2D eigenvalue weighted by Gasteiger charge is 2.25. The van der Waals surface area contributed by atoms with E-state index in [1.54, 1.807) is 17.0 Å². The third-order valence-corrected chi connectivity index (χ3v) is 9.66. The molecule has 0 saturated carbocycles. The monoisotopic (exact) mass is 560 g/mol. The number of nitrogens with zero attached hydrogens (tertiary/aromatic N) is 4. The van der Waals surface area contributed by atoms with Gasteiger partial charge in [-0.1, -0.05) is 31.3 Å². The third-order valence-electron chi connectivity index (χ3n) is 6.55. The topological polar surface area (TPSA) is 92.3 Å². The van der Waals surface area contributed by atoms with Crippen LogP contribution in [0.5, 0.6) is 5.75 Å². The Balaban J connectivity index is 1.61. The summed E-state index contributed by atoms with van der Waals surface area (Å²) in [4.78, 5) is 22.8. The molecule has 4 rings (SSSR count). The summed E-state index contributed by atoms with van der Waals surface area (Å²) in [5.74, 6) is 0.481. The van der Waals surface area contributed by atoms with Gasteiger partial charge in [-0.05, 0) is 49.7 Å². The Morgan fingerprint density at radius 1 is 1.08 bits per heavy atom. The van der Waals surface area contributed by atoms with Crippen molar-refractivity contribution in [1.29, 1.82) is 0 Å². The average molecular weight is 561 g/mol. The molecule has 0 radical (unpaired) electrons. The van der Waals surface area contributed by atoms with Gasteiger partial charge >= 0.3 is 0 Å². The molecule has 0 N–H and O–H groups in total. The molecule has 11 heteroatoms. The lowest BCUT2D eigenvalue weighted by molar-refractivity contribution is 0.0376. The van der Waals surface area contributed by atoms with Crippen LogP contribution in [-0.2, 0) is 14.8 Å². The van der Waals surface area contributed by atoms with Gasteiger partial charge in [-0.25, -0.2) is 13.4 Å². The van der Waals surface area contributed by atoms with Gasteiger partial charge in [-0.2, -0.15) is 4.31 Å². The molecule has 38 heavy (non-hydrogen) atoms. The van der Waals surface area contributed by atoms with Crippen LogP contribution in [0, 0.1) is 0 Å². The van der Waals surface area contributed by atoms with E-state index >= 15 is 0 Å². The predicted octanol–water partition coefficient (Wildman–Crippen LogP) is 4.09. The van der Waals surface area contributed by atoms with Crippen molar-refractivity contribution in [2.75, 3.05) is 64.0 Å². The zero-order valence-electron chi connectivity index (χ0n) is 22.3. The van der Waals surface area contributed by atoms with Crippen LogP contribution in [0.4, 0.5) is 5.13 Å². The van der Waals surface area contributed by atoms with Crippen molar-refractivity contribution in [3.05, 3.63) is 48.0 Å². The maximum absolute atomic E-state index is 13.8. The first-order chi connectivity index (χ1) is 18.4. The molecule has 2 aromatic carbocycles. The lowest BCUT2D eigenvalue weighted by Gasteiger charge is -2.27. The molecule has 0 bridgehead atoms. The first-order valence-corrected chi connectivity index (χ1v) is 15.4. The molecule has 0 unspecified atom stereocenters. The molecule has 3 aromatic rings. The minimum atomic E-state index is -3.60. The Morgan fingerprint density at radius 3 is 2.45 bits per heavy atom.